The number of benzene rings is 1. The number of nitro groups is 1. The summed E-state index contributed by atoms with van der Waals surface area (Å²) >= 11 is 0. The standard InChI is InChI=1S/C14H21N3O4.ClH/c1-14(2,9-15)10-16(3)13(18)8-21-12-6-4-11(5-7-12)17(19)20;/h4-7H,8-10,15H2,1-3H3;1H. The second-order valence-corrected chi connectivity index (χ2v) is 5.66. The minimum atomic E-state index is -0.488. The van der Waals surface area contributed by atoms with Gasteiger partial charge in [-0.05, 0) is 24.1 Å². The highest BCUT2D eigenvalue weighted by molar-refractivity contribution is 5.85. The van der Waals surface area contributed by atoms with Crippen molar-refractivity contribution < 1.29 is 14.5 Å². The number of hydrogen-bond acceptors (Lipinski definition) is 5. The topological polar surface area (TPSA) is 98.7 Å². The predicted molar refractivity (Wildman–Crippen MR) is 86.3 cm³/mol. The van der Waals surface area contributed by atoms with Crippen LogP contribution in [-0.2, 0) is 4.79 Å². The van der Waals surface area contributed by atoms with Crippen LogP contribution >= 0.6 is 12.4 Å². The van der Waals surface area contributed by atoms with Gasteiger partial charge >= 0.3 is 0 Å². The molecule has 0 aliphatic heterocycles. The van der Waals surface area contributed by atoms with Gasteiger partial charge in [-0.1, -0.05) is 13.8 Å². The molecule has 0 unspecified atom stereocenters. The maximum Gasteiger partial charge on any atom is 0.269 e. The summed E-state index contributed by atoms with van der Waals surface area (Å²) in [5.41, 5.74) is 5.46. The molecule has 124 valence electrons. The Kier molecular flexibility index (Phi) is 7.83. The highest BCUT2D eigenvalue weighted by Crippen LogP contribution is 2.18. The van der Waals surface area contributed by atoms with Crippen molar-refractivity contribution in [1.29, 1.82) is 0 Å². The van der Waals surface area contributed by atoms with Crippen molar-refractivity contribution in [3.8, 4) is 5.75 Å². The third-order valence-corrected chi connectivity index (χ3v) is 3.05. The second-order valence-electron chi connectivity index (χ2n) is 5.66. The molecule has 8 heteroatoms. The third kappa shape index (κ3) is 6.28. The number of ether oxygens (including phenoxy) is 1. The normalized spacial score (nSPS) is 10.5. The first-order valence-electron chi connectivity index (χ1n) is 6.56. The van der Waals surface area contributed by atoms with Crippen LogP contribution in [0.5, 0.6) is 5.75 Å². The lowest BCUT2D eigenvalue weighted by Gasteiger charge is -2.28. The minimum Gasteiger partial charge on any atom is -0.484 e. The van der Waals surface area contributed by atoms with E-state index >= 15 is 0 Å². The van der Waals surface area contributed by atoms with E-state index < -0.39 is 4.92 Å². The fourth-order valence-electron chi connectivity index (χ4n) is 1.71. The highest BCUT2D eigenvalue weighted by atomic mass is 35.5. The van der Waals surface area contributed by atoms with Crippen LogP contribution in [-0.4, -0.2) is 42.5 Å². The van der Waals surface area contributed by atoms with E-state index in [9.17, 15) is 14.9 Å². The summed E-state index contributed by atoms with van der Waals surface area (Å²) in [7, 11) is 1.69. The molecule has 0 aliphatic carbocycles. The molecule has 7 nitrogen and oxygen atoms in total. The van der Waals surface area contributed by atoms with Gasteiger partial charge in [-0.15, -0.1) is 12.4 Å². The maximum atomic E-state index is 11.9. The van der Waals surface area contributed by atoms with E-state index in [1.807, 2.05) is 13.8 Å². The Morgan fingerprint density at radius 1 is 1.36 bits per heavy atom. The summed E-state index contributed by atoms with van der Waals surface area (Å²) in [6.07, 6.45) is 0. The Morgan fingerprint density at radius 2 is 1.91 bits per heavy atom. The Bertz CT molecular complexity index is 505. The van der Waals surface area contributed by atoms with Gasteiger partial charge in [-0.25, -0.2) is 0 Å². The van der Waals surface area contributed by atoms with Gasteiger partial charge in [0.05, 0.1) is 4.92 Å². The van der Waals surface area contributed by atoms with Gasteiger partial charge in [0, 0.05) is 25.7 Å². The smallest absolute Gasteiger partial charge is 0.269 e. The largest absolute Gasteiger partial charge is 0.484 e. The van der Waals surface area contributed by atoms with Crippen molar-refractivity contribution in [3.63, 3.8) is 0 Å². The fraction of sp³-hybridized carbons (Fsp3) is 0.500. The summed E-state index contributed by atoms with van der Waals surface area (Å²) in [6, 6.07) is 5.60. The zero-order valence-electron chi connectivity index (χ0n) is 12.9. The van der Waals surface area contributed by atoms with Crippen molar-refractivity contribution >= 4 is 24.0 Å². The van der Waals surface area contributed by atoms with E-state index in [-0.39, 0.29) is 36.0 Å². The second kappa shape index (κ2) is 8.55. The van der Waals surface area contributed by atoms with Crippen molar-refractivity contribution in [2.24, 2.45) is 11.1 Å². The molecule has 0 bridgehead atoms. The molecule has 0 fully saturated rings. The number of likely N-dealkylation sites (N-methyl/N-ethyl adjacent to an activating group) is 1. The van der Waals surface area contributed by atoms with Crippen LogP contribution in [0.1, 0.15) is 13.8 Å². The highest BCUT2D eigenvalue weighted by Gasteiger charge is 2.21. The lowest BCUT2D eigenvalue weighted by molar-refractivity contribution is -0.384. The summed E-state index contributed by atoms with van der Waals surface area (Å²) in [4.78, 5) is 23.5. The van der Waals surface area contributed by atoms with Crippen LogP contribution in [0.15, 0.2) is 24.3 Å². The van der Waals surface area contributed by atoms with Crippen molar-refractivity contribution in [3.05, 3.63) is 34.4 Å². The summed E-state index contributed by atoms with van der Waals surface area (Å²) in [5, 5.41) is 10.5. The lowest BCUT2D eigenvalue weighted by Crippen LogP contribution is -2.41. The predicted octanol–water partition coefficient (Wildman–Crippen LogP) is 1.84. The number of rotatable bonds is 7. The van der Waals surface area contributed by atoms with Gasteiger partial charge < -0.3 is 15.4 Å². The zero-order valence-corrected chi connectivity index (χ0v) is 13.8. The Morgan fingerprint density at radius 3 is 2.36 bits per heavy atom. The number of carbonyl (C=O) groups is 1. The SMILES string of the molecule is CN(CC(C)(C)CN)C(=O)COc1ccc([N+](=O)[O-])cc1.Cl. The molecule has 0 spiro atoms. The first kappa shape index (κ1) is 20.1. The van der Waals surface area contributed by atoms with E-state index in [2.05, 4.69) is 0 Å². The van der Waals surface area contributed by atoms with Crippen molar-refractivity contribution in [2.75, 3.05) is 26.7 Å². The molecule has 1 rings (SSSR count). The van der Waals surface area contributed by atoms with Crippen molar-refractivity contribution in [2.45, 2.75) is 13.8 Å². The molecule has 0 saturated heterocycles. The molecule has 0 aliphatic rings. The van der Waals surface area contributed by atoms with Crippen LogP contribution in [0, 0.1) is 15.5 Å². The molecule has 2 N–H and O–H groups in total. The molecule has 0 aromatic heterocycles. The number of non-ortho nitro benzene ring substituents is 1. The number of nitro benzene ring substituents is 1. The zero-order chi connectivity index (χ0) is 16.0. The molecule has 1 aromatic rings. The average Bonchev–Trinajstić information content (AvgIpc) is 2.44. The van der Waals surface area contributed by atoms with E-state index in [0.29, 0.717) is 18.8 Å². The Balaban J connectivity index is 0.00000441. The quantitative estimate of drug-likeness (QED) is 0.607. The van der Waals surface area contributed by atoms with E-state index in [1.54, 1.807) is 11.9 Å². The van der Waals surface area contributed by atoms with Gasteiger partial charge in [0.2, 0.25) is 0 Å². The van der Waals surface area contributed by atoms with Gasteiger partial charge in [0.1, 0.15) is 5.75 Å². The van der Waals surface area contributed by atoms with Gasteiger partial charge in [0.15, 0.2) is 6.61 Å². The van der Waals surface area contributed by atoms with E-state index in [0.717, 1.165) is 0 Å². The first-order chi connectivity index (χ1) is 9.75. The van der Waals surface area contributed by atoms with Crippen LogP contribution in [0.2, 0.25) is 0 Å². The molecule has 1 aromatic carbocycles. The Hall–Kier alpha value is -1.86. The number of carbonyl (C=O) groups excluding carboxylic acids is 1. The number of hydrogen-bond donors (Lipinski definition) is 1. The van der Waals surface area contributed by atoms with Crippen molar-refractivity contribution in [1.82, 2.24) is 4.90 Å². The molecular weight excluding hydrogens is 310 g/mol. The average molecular weight is 332 g/mol. The van der Waals surface area contributed by atoms with Crippen LogP contribution < -0.4 is 10.5 Å². The lowest BCUT2D eigenvalue weighted by atomic mass is 9.93. The molecule has 0 saturated carbocycles. The van der Waals surface area contributed by atoms with Gasteiger partial charge in [0.25, 0.3) is 11.6 Å². The maximum absolute atomic E-state index is 11.9. The molecular formula is C14H22ClN3O4. The monoisotopic (exact) mass is 331 g/mol. The van der Waals surface area contributed by atoms with E-state index in [1.165, 1.54) is 24.3 Å². The first-order valence-corrected chi connectivity index (χ1v) is 6.56. The molecule has 1 amide bonds. The third-order valence-electron chi connectivity index (χ3n) is 3.05. The van der Waals surface area contributed by atoms with E-state index in [4.69, 9.17) is 10.5 Å². The van der Waals surface area contributed by atoms with Crippen LogP contribution in [0.4, 0.5) is 5.69 Å². The Labute approximate surface area is 136 Å². The number of nitrogens with two attached hydrogens (primary N) is 1. The number of halogens is 1. The molecule has 0 heterocycles. The van der Waals surface area contributed by atoms with Crippen LogP contribution in [0.3, 0.4) is 0 Å². The summed E-state index contributed by atoms with van der Waals surface area (Å²) in [5.74, 6) is 0.246. The fourth-order valence-corrected chi connectivity index (χ4v) is 1.71. The number of amides is 1. The van der Waals surface area contributed by atoms with Crippen LogP contribution in [0.25, 0.3) is 0 Å². The van der Waals surface area contributed by atoms with Gasteiger partial charge in [-0.2, -0.15) is 0 Å². The summed E-state index contributed by atoms with van der Waals surface area (Å²) < 4.78 is 5.33. The molecule has 0 atom stereocenters. The number of nitrogens with zero attached hydrogens (tertiary/aromatic N) is 2. The summed E-state index contributed by atoms with van der Waals surface area (Å²) in [6.45, 7) is 4.86. The minimum absolute atomic E-state index is 0. The molecule has 0 radical (unpaired) electrons. The molecule has 22 heavy (non-hydrogen) atoms. The van der Waals surface area contributed by atoms with Gasteiger partial charge in [-0.3, -0.25) is 14.9 Å².